The van der Waals surface area contributed by atoms with Crippen molar-refractivity contribution >= 4 is 23.3 Å². The van der Waals surface area contributed by atoms with Crippen LogP contribution in [-0.2, 0) is 10.5 Å². The van der Waals surface area contributed by atoms with Crippen molar-refractivity contribution in [2.24, 2.45) is 0 Å². The van der Waals surface area contributed by atoms with Crippen LogP contribution in [0.3, 0.4) is 0 Å². The molecule has 0 spiro atoms. The number of piperidine rings is 1. The molecule has 176 valence electrons. The Hall–Kier alpha value is -3.10. The van der Waals surface area contributed by atoms with Gasteiger partial charge in [0.25, 0.3) is 11.6 Å². The molecule has 8 nitrogen and oxygen atoms in total. The molecule has 1 saturated heterocycles. The number of para-hydroxylation sites is 1. The third-order valence-electron chi connectivity index (χ3n) is 6.18. The summed E-state index contributed by atoms with van der Waals surface area (Å²) < 4.78 is 5.48. The molecule has 0 saturated carbocycles. The molecule has 0 radical (unpaired) electrons. The van der Waals surface area contributed by atoms with Gasteiger partial charge in [0, 0.05) is 17.8 Å². The fraction of sp³-hybridized carbons (Fsp3) is 0.440. The topological polar surface area (TPSA) is 94.1 Å². The number of hydrogen-bond acceptors (Lipinski definition) is 5. The van der Waals surface area contributed by atoms with Gasteiger partial charge in [0.15, 0.2) is 0 Å². The summed E-state index contributed by atoms with van der Waals surface area (Å²) in [7, 11) is 0. The molecule has 0 bridgehead atoms. The number of aliphatic hydroxyl groups is 1. The minimum atomic E-state index is -2.18. The van der Waals surface area contributed by atoms with Gasteiger partial charge in [-0.2, -0.15) is 0 Å². The van der Waals surface area contributed by atoms with Gasteiger partial charge in [0.05, 0.1) is 12.3 Å². The fourth-order valence-corrected chi connectivity index (χ4v) is 4.53. The normalized spacial score (nSPS) is 20.7. The molecular formula is C25H32N4O4. The Kier molecular flexibility index (Phi) is 7.15. The van der Waals surface area contributed by atoms with E-state index in [-0.39, 0.29) is 0 Å². The number of anilines is 2. The lowest BCUT2D eigenvalue weighted by molar-refractivity contribution is -0.140. The SMILES string of the molecule is CCOc1ccc(N2C(=O)Nc3ccccc3C2(O)C(=O)NCCCN2CCCCC2)cc1. The van der Waals surface area contributed by atoms with Crippen LogP contribution < -0.4 is 20.3 Å². The molecule has 1 fully saturated rings. The number of ether oxygens (including phenoxy) is 1. The Labute approximate surface area is 194 Å². The average molecular weight is 453 g/mol. The molecular weight excluding hydrogens is 420 g/mol. The summed E-state index contributed by atoms with van der Waals surface area (Å²) in [4.78, 5) is 30.0. The first-order valence-electron chi connectivity index (χ1n) is 11.7. The number of carbonyl (C=O) groups excluding carboxylic acids is 2. The predicted octanol–water partition coefficient (Wildman–Crippen LogP) is 3.27. The van der Waals surface area contributed by atoms with Crippen LogP contribution in [0.25, 0.3) is 0 Å². The maximum Gasteiger partial charge on any atom is 0.329 e. The van der Waals surface area contributed by atoms with Gasteiger partial charge in [-0.3, -0.25) is 9.69 Å². The van der Waals surface area contributed by atoms with Crippen molar-refractivity contribution in [3.05, 3.63) is 54.1 Å². The van der Waals surface area contributed by atoms with Crippen LogP contribution in [0.1, 0.15) is 38.2 Å². The lowest BCUT2D eigenvalue weighted by Gasteiger charge is -2.42. The number of amides is 3. The largest absolute Gasteiger partial charge is 0.494 e. The molecule has 8 heteroatoms. The van der Waals surface area contributed by atoms with Gasteiger partial charge in [-0.15, -0.1) is 0 Å². The Morgan fingerprint density at radius 1 is 1.12 bits per heavy atom. The van der Waals surface area contributed by atoms with Gasteiger partial charge < -0.3 is 25.4 Å². The summed E-state index contributed by atoms with van der Waals surface area (Å²) in [5.74, 6) is 0.0158. The fourth-order valence-electron chi connectivity index (χ4n) is 4.53. The molecule has 1 atom stereocenters. The third-order valence-corrected chi connectivity index (χ3v) is 6.18. The maximum absolute atomic E-state index is 13.4. The predicted molar refractivity (Wildman–Crippen MR) is 127 cm³/mol. The second kappa shape index (κ2) is 10.2. The number of fused-ring (bicyclic) bond motifs is 1. The summed E-state index contributed by atoms with van der Waals surface area (Å²) in [5.41, 5.74) is -1.06. The zero-order valence-corrected chi connectivity index (χ0v) is 19.0. The summed E-state index contributed by atoms with van der Waals surface area (Å²) in [5, 5.41) is 17.4. The van der Waals surface area contributed by atoms with Crippen LogP contribution in [-0.4, -0.2) is 54.7 Å². The molecule has 3 N–H and O–H groups in total. The van der Waals surface area contributed by atoms with Crippen molar-refractivity contribution in [1.82, 2.24) is 10.2 Å². The first kappa shape index (κ1) is 23.1. The first-order chi connectivity index (χ1) is 16.0. The highest BCUT2D eigenvalue weighted by Crippen LogP contribution is 2.40. The molecule has 2 aliphatic heterocycles. The number of carbonyl (C=O) groups is 2. The summed E-state index contributed by atoms with van der Waals surface area (Å²) >= 11 is 0. The van der Waals surface area contributed by atoms with Crippen LogP contribution in [0.2, 0.25) is 0 Å². The van der Waals surface area contributed by atoms with E-state index < -0.39 is 17.7 Å². The zero-order valence-electron chi connectivity index (χ0n) is 19.0. The van der Waals surface area contributed by atoms with E-state index in [4.69, 9.17) is 4.74 Å². The van der Waals surface area contributed by atoms with Gasteiger partial charge in [-0.05, 0) is 76.2 Å². The van der Waals surface area contributed by atoms with E-state index in [9.17, 15) is 14.7 Å². The number of likely N-dealkylation sites (tertiary alicyclic amines) is 1. The van der Waals surface area contributed by atoms with E-state index in [1.807, 2.05) is 6.92 Å². The molecule has 4 rings (SSSR count). The van der Waals surface area contributed by atoms with Gasteiger partial charge in [0.1, 0.15) is 5.75 Å². The zero-order chi connectivity index (χ0) is 23.3. The Morgan fingerprint density at radius 2 is 1.85 bits per heavy atom. The average Bonchev–Trinajstić information content (AvgIpc) is 2.83. The van der Waals surface area contributed by atoms with Crippen molar-refractivity contribution in [2.75, 3.05) is 43.0 Å². The van der Waals surface area contributed by atoms with Crippen LogP contribution in [0.4, 0.5) is 16.2 Å². The third kappa shape index (κ3) is 4.82. The number of benzene rings is 2. The molecule has 2 aromatic carbocycles. The molecule has 2 aromatic rings. The highest BCUT2D eigenvalue weighted by atomic mass is 16.5. The van der Waals surface area contributed by atoms with Crippen molar-refractivity contribution in [2.45, 2.75) is 38.3 Å². The monoisotopic (exact) mass is 452 g/mol. The Balaban J connectivity index is 1.56. The minimum absolute atomic E-state index is 0.326. The van der Waals surface area contributed by atoms with Crippen LogP contribution >= 0.6 is 0 Å². The number of nitrogens with zero attached hydrogens (tertiary/aromatic N) is 2. The van der Waals surface area contributed by atoms with Crippen molar-refractivity contribution < 1.29 is 19.4 Å². The van der Waals surface area contributed by atoms with E-state index in [0.717, 1.165) is 31.0 Å². The summed E-state index contributed by atoms with van der Waals surface area (Å²) in [6, 6.07) is 13.0. The van der Waals surface area contributed by atoms with E-state index in [0.29, 0.717) is 35.8 Å². The second-order valence-electron chi connectivity index (χ2n) is 8.42. The highest BCUT2D eigenvalue weighted by Gasteiger charge is 2.51. The lowest BCUT2D eigenvalue weighted by Crippen LogP contribution is -2.62. The molecule has 0 aliphatic carbocycles. The van der Waals surface area contributed by atoms with Crippen molar-refractivity contribution in [3.63, 3.8) is 0 Å². The number of hydrogen-bond donors (Lipinski definition) is 3. The van der Waals surface area contributed by atoms with Crippen molar-refractivity contribution in [3.8, 4) is 5.75 Å². The Bertz CT molecular complexity index is 975. The van der Waals surface area contributed by atoms with Crippen LogP contribution in [0, 0.1) is 0 Å². The lowest BCUT2D eigenvalue weighted by atomic mass is 9.94. The molecule has 3 amide bonds. The minimum Gasteiger partial charge on any atom is -0.494 e. The van der Waals surface area contributed by atoms with Gasteiger partial charge in [-0.25, -0.2) is 4.79 Å². The molecule has 33 heavy (non-hydrogen) atoms. The smallest absolute Gasteiger partial charge is 0.329 e. The van der Waals surface area contributed by atoms with Gasteiger partial charge in [0.2, 0.25) is 0 Å². The molecule has 1 unspecified atom stereocenters. The van der Waals surface area contributed by atoms with E-state index in [2.05, 4.69) is 15.5 Å². The van der Waals surface area contributed by atoms with Crippen LogP contribution in [0.5, 0.6) is 5.75 Å². The van der Waals surface area contributed by atoms with Crippen molar-refractivity contribution in [1.29, 1.82) is 0 Å². The summed E-state index contributed by atoms with van der Waals surface area (Å²) in [6.45, 7) is 5.91. The van der Waals surface area contributed by atoms with E-state index >= 15 is 0 Å². The molecule has 2 heterocycles. The van der Waals surface area contributed by atoms with Gasteiger partial charge >= 0.3 is 6.03 Å². The summed E-state index contributed by atoms with van der Waals surface area (Å²) in [6.07, 6.45) is 4.49. The quantitative estimate of drug-likeness (QED) is 0.535. The number of urea groups is 1. The maximum atomic E-state index is 13.4. The molecule has 0 aromatic heterocycles. The van der Waals surface area contributed by atoms with E-state index in [1.54, 1.807) is 48.5 Å². The van der Waals surface area contributed by atoms with Crippen LogP contribution in [0.15, 0.2) is 48.5 Å². The number of rotatable bonds is 8. The van der Waals surface area contributed by atoms with E-state index in [1.165, 1.54) is 19.3 Å². The van der Waals surface area contributed by atoms with Gasteiger partial charge in [-0.1, -0.05) is 24.6 Å². The standard InChI is InChI=1S/C25H32N4O4/c1-2-33-20-13-11-19(12-14-20)29-24(31)27-22-10-5-4-9-21(22)25(29,32)23(30)26-15-8-18-28-16-6-3-7-17-28/h4-5,9-14,32H,2-3,6-8,15-18H2,1H3,(H,26,30)(H,27,31). The Morgan fingerprint density at radius 3 is 2.58 bits per heavy atom. The first-order valence-corrected chi connectivity index (χ1v) is 11.7. The highest BCUT2D eigenvalue weighted by molar-refractivity contribution is 6.11. The number of nitrogens with one attached hydrogen (secondary N) is 2. The molecule has 2 aliphatic rings. The second-order valence-corrected chi connectivity index (χ2v) is 8.42.